The maximum Gasteiger partial charge on any atom is 0.0386 e. The highest BCUT2D eigenvalue weighted by Crippen LogP contribution is 2.22. The number of nitrogens with one attached hydrogen (secondary N) is 1. The Labute approximate surface area is 111 Å². The van der Waals surface area contributed by atoms with Gasteiger partial charge >= 0.3 is 0 Å². The van der Waals surface area contributed by atoms with Crippen LogP contribution in [0.2, 0.25) is 0 Å². The van der Waals surface area contributed by atoms with Gasteiger partial charge in [0.1, 0.15) is 0 Å². The molecule has 0 fully saturated rings. The van der Waals surface area contributed by atoms with Crippen molar-refractivity contribution in [2.45, 2.75) is 45.4 Å². The monoisotopic (exact) mass is 273 g/mol. The lowest BCUT2D eigenvalue weighted by Crippen LogP contribution is -2.30. The second kappa shape index (κ2) is 6.12. The van der Waals surface area contributed by atoms with Gasteiger partial charge in [0.05, 0.1) is 0 Å². The minimum absolute atomic E-state index is 0.107. The minimum Gasteiger partial charge on any atom is -0.309 e. The Balaban J connectivity index is 2.35. The van der Waals surface area contributed by atoms with E-state index in [4.69, 9.17) is 0 Å². The normalized spacial score (nSPS) is 15.8. The molecular weight excluding hydrogens is 250 g/mol. The molecule has 2 unspecified atom stereocenters. The van der Waals surface area contributed by atoms with Gasteiger partial charge in [0.15, 0.2) is 0 Å². The van der Waals surface area contributed by atoms with Gasteiger partial charge < -0.3 is 5.32 Å². The van der Waals surface area contributed by atoms with Gasteiger partial charge in [0, 0.05) is 43.6 Å². The van der Waals surface area contributed by atoms with Crippen LogP contribution in [0, 0.1) is 6.92 Å². The molecule has 0 aliphatic carbocycles. The van der Waals surface area contributed by atoms with Gasteiger partial charge in [-0.25, -0.2) is 0 Å². The average Bonchev–Trinajstić information content (AvgIpc) is 2.63. The first kappa shape index (κ1) is 14.9. The van der Waals surface area contributed by atoms with E-state index in [2.05, 4.69) is 31.3 Å². The van der Waals surface area contributed by atoms with Crippen LogP contribution in [0.25, 0.3) is 0 Å². The van der Waals surface area contributed by atoms with E-state index in [0.717, 1.165) is 12.3 Å². The van der Waals surface area contributed by atoms with Crippen LogP contribution in [-0.2, 0) is 10.8 Å². The molecule has 0 bridgehead atoms. The molecule has 2 atom stereocenters. The molecule has 0 saturated heterocycles. The molecule has 4 heteroatoms. The van der Waals surface area contributed by atoms with Crippen LogP contribution in [-0.4, -0.2) is 21.3 Å². The van der Waals surface area contributed by atoms with Gasteiger partial charge in [-0.15, -0.1) is 11.3 Å². The predicted octanol–water partition coefficient (Wildman–Crippen LogP) is 3.25. The van der Waals surface area contributed by atoms with Crippen LogP contribution in [0.4, 0.5) is 0 Å². The Bertz CT molecular complexity index is 379. The third-order valence-electron chi connectivity index (χ3n) is 2.61. The molecule has 1 aromatic rings. The van der Waals surface area contributed by atoms with Crippen LogP contribution in [0.15, 0.2) is 12.1 Å². The molecule has 0 radical (unpaired) electrons. The van der Waals surface area contributed by atoms with Gasteiger partial charge in [0.2, 0.25) is 0 Å². The lowest BCUT2D eigenvalue weighted by Gasteiger charge is -2.19. The summed E-state index contributed by atoms with van der Waals surface area (Å²) >= 11 is 1.82. The molecule has 0 amide bonds. The van der Waals surface area contributed by atoms with Crippen molar-refractivity contribution in [2.24, 2.45) is 0 Å². The third kappa shape index (κ3) is 4.90. The molecule has 0 aliphatic rings. The van der Waals surface area contributed by atoms with Crippen molar-refractivity contribution in [1.82, 2.24) is 5.32 Å². The Morgan fingerprint density at radius 2 is 2.06 bits per heavy atom. The standard InChI is InChI=1S/C13H23NOS2/c1-10-6-7-12(16-10)11(2)14-8-9-17(15)13(3,4)5/h6-7,11,14H,8-9H2,1-5H3. The summed E-state index contributed by atoms with van der Waals surface area (Å²) in [6.45, 7) is 11.2. The molecule has 0 aliphatic heterocycles. The van der Waals surface area contributed by atoms with Crippen LogP contribution >= 0.6 is 11.3 Å². The Hall–Kier alpha value is -0.190. The van der Waals surface area contributed by atoms with Crippen LogP contribution in [0.3, 0.4) is 0 Å². The SMILES string of the molecule is Cc1ccc(C(C)NCCS(=O)C(C)(C)C)s1. The van der Waals surface area contributed by atoms with E-state index in [1.807, 2.05) is 32.1 Å². The van der Waals surface area contributed by atoms with Crippen molar-refractivity contribution < 1.29 is 4.21 Å². The molecule has 1 N–H and O–H groups in total. The van der Waals surface area contributed by atoms with E-state index < -0.39 is 10.8 Å². The molecule has 1 rings (SSSR count). The zero-order valence-electron chi connectivity index (χ0n) is 11.4. The van der Waals surface area contributed by atoms with Crippen LogP contribution in [0.5, 0.6) is 0 Å². The van der Waals surface area contributed by atoms with E-state index in [1.165, 1.54) is 9.75 Å². The maximum atomic E-state index is 11.9. The average molecular weight is 273 g/mol. The summed E-state index contributed by atoms with van der Waals surface area (Å²) < 4.78 is 11.8. The Morgan fingerprint density at radius 1 is 1.41 bits per heavy atom. The summed E-state index contributed by atoms with van der Waals surface area (Å²) in [4.78, 5) is 2.69. The topological polar surface area (TPSA) is 29.1 Å². The Kier molecular flexibility index (Phi) is 5.35. The fourth-order valence-corrected chi connectivity index (χ4v) is 3.28. The summed E-state index contributed by atoms with van der Waals surface area (Å²) in [5.41, 5.74) is 0. The van der Waals surface area contributed by atoms with Crippen molar-refractivity contribution in [3.8, 4) is 0 Å². The highest BCUT2D eigenvalue weighted by Gasteiger charge is 2.18. The molecule has 2 nitrogen and oxygen atoms in total. The number of hydrogen-bond donors (Lipinski definition) is 1. The van der Waals surface area contributed by atoms with Gasteiger partial charge in [-0.2, -0.15) is 0 Å². The molecule has 17 heavy (non-hydrogen) atoms. The Morgan fingerprint density at radius 3 is 2.53 bits per heavy atom. The quantitative estimate of drug-likeness (QED) is 0.892. The fraction of sp³-hybridized carbons (Fsp3) is 0.692. The molecule has 0 saturated carbocycles. The summed E-state index contributed by atoms with van der Waals surface area (Å²) in [7, 11) is -0.764. The number of rotatable bonds is 5. The number of aryl methyl sites for hydroxylation is 1. The minimum atomic E-state index is -0.764. The van der Waals surface area contributed by atoms with Crippen molar-refractivity contribution in [2.75, 3.05) is 12.3 Å². The highest BCUT2D eigenvalue weighted by atomic mass is 32.2. The maximum absolute atomic E-state index is 11.9. The smallest absolute Gasteiger partial charge is 0.0386 e. The summed E-state index contributed by atoms with van der Waals surface area (Å²) in [6.07, 6.45) is 0. The number of thiophene rings is 1. The third-order valence-corrected chi connectivity index (χ3v) is 5.73. The lowest BCUT2D eigenvalue weighted by molar-refractivity contribution is 0.598. The van der Waals surface area contributed by atoms with E-state index in [-0.39, 0.29) is 4.75 Å². The number of hydrogen-bond acceptors (Lipinski definition) is 3. The zero-order valence-corrected chi connectivity index (χ0v) is 13.0. The first-order valence-electron chi connectivity index (χ1n) is 5.99. The van der Waals surface area contributed by atoms with Gasteiger partial charge in [0.25, 0.3) is 0 Å². The van der Waals surface area contributed by atoms with E-state index in [1.54, 1.807) is 0 Å². The van der Waals surface area contributed by atoms with Crippen LogP contribution < -0.4 is 5.32 Å². The second-order valence-electron chi connectivity index (χ2n) is 5.29. The first-order chi connectivity index (χ1) is 7.80. The fourth-order valence-electron chi connectivity index (χ4n) is 1.46. The molecule has 0 spiro atoms. The van der Waals surface area contributed by atoms with E-state index >= 15 is 0 Å². The van der Waals surface area contributed by atoms with Crippen molar-refractivity contribution in [1.29, 1.82) is 0 Å². The van der Waals surface area contributed by atoms with Gasteiger partial charge in [-0.05, 0) is 46.8 Å². The highest BCUT2D eigenvalue weighted by molar-refractivity contribution is 7.86. The zero-order chi connectivity index (χ0) is 13.1. The van der Waals surface area contributed by atoms with E-state index in [0.29, 0.717) is 6.04 Å². The van der Waals surface area contributed by atoms with Crippen LogP contribution in [0.1, 0.15) is 43.5 Å². The van der Waals surface area contributed by atoms with E-state index in [9.17, 15) is 4.21 Å². The molecule has 0 aromatic carbocycles. The van der Waals surface area contributed by atoms with Crippen molar-refractivity contribution in [3.63, 3.8) is 0 Å². The molecule has 1 heterocycles. The second-order valence-corrected chi connectivity index (χ2v) is 8.93. The first-order valence-corrected chi connectivity index (χ1v) is 8.12. The summed E-state index contributed by atoms with van der Waals surface area (Å²) in [5.74, 6) is 0.720. The van der Waals surface area contributed by atoms with Crippen molar-refractivity contribution in [3.05, 3.63) is 21.9 Å². The predicted molar refractivity (Wildman–Crippen MR) is 78.2 cm³/mol. The molecule has 1 aromatic heterocycles. The molecule has 98 valence electrons. The van der Waals surface area contributed by atoms with Gasteiger partial charge in [-0.3, -0.25) is 4.21 Å². The summed E-state index contributed by atoms with van der Waals surface area (Å²) in [6, 6.07) is 4.66. The largest absolute Gasteiger partial charge is 0.309 e. The van der Waals surface area contributed by atoms with Crippen molar-refractivity contribution >= 4 is 22.1 Å². The van der Waals surface area contributed by atoms with Gasteiger partial charge in [-0.1, -0.05) is 0 Å². The molecular formula is C13H23NOS2. The lowest BCUT2D eigenvalue weighted by atomic mass is 10.3. The summed E-state index contributed by atoms with van der Waals surface area (Å²) in [5, 5.41) is 3.43.